The van der Waals surface area contributed by atoms with Crippen molar-refractivity contribution in [2.24, 2.45) is 0 Å². The molecule has 0 aliphatic carbocycles. The molecule has 4 nitrogen and oxygen atoms in total. The van der Waals surface area contributed by atoms with Gasteiger partial charge >= 0.3 is 4.84 Å². The molecule has 1 heterocycles. The third kappa shape index (κ3) is 4.93. The lowest BCUT2D eigenvalue weighted by Crippen LogP contribution is -1.79. The van der Waals surface area contributed by atoms with Gasteiger partial charge in [0, 0.05) is 12.7 Å². The molecule has 17 heavy (non-hydrogen) atoms. The molecule has 0 aliphatic rings. The summed E-state index contributed by atoms with van der Waals surface area (Å²) in [5, 5.41) is 9.65. The van der Waals surface area contributed by atoms with E-state index in [9.17, 15) is 0 Å². The van der Waals surface area contributed by atoms with Gasteiger partial charge in [-0.1, -0.05) is 43.7 Å². The molecular formula is C12H18N2O2S. The largest absolute Gasteiger partial charge is 0.400 e. The van der Waals surface area contributed by atoms with Gasteiger partial charge in [0.05, 0.1) is 0 Å². The summed E-state index contributed by atoms with van der Waals surface area (Å²) in [6.45, 7) is 6.04. The minimum Gasteiger partial charge on any atom is -0.400 e. The molecule has 0 unspecified atom stereocenters. The molecule has 0 saturated carbocycles. The Hall–Kier alpha value is -1.46. The lowest BCUT2D eigenvalue weighted by atomic mass is 10.1. The first-order valence-corrected chi connectivity index (χ1v) is 5.74. The minimum absolute atomic E-state index is 0.232. The first-order valence-electron chi connectivity index (χ1n) is 5.33. The standard InChI is InChI=1S/C9H8N2OS.C2H6.CH4O/c1-6-2-4-7(5-3-6)8-10-9(13)12-11-8;2*1-2/h2-5H,1H3,(H,10,11,13);1-2H3;2H,1H3. The molecule has 0 saturated heterocycles. The number of aryl methyl sites for hydroxylation is 1. The van der Waals surface area contributed by atoms with Gasteiger partial charge in [0.1, 0.15) is 0 Å². The van der Waals surface area contributed by atoms with Crippen LogP contribution in [0.3, 0.4) is 0 Å². The number of benzene rings is 1. The summed E-state index contributed by atoms with van der Waals surface area (Å²) in [6, 6.07) is 7.97. The Labute approximate surface area is 106 Å². The molecule has 1 aromatic carbocycles. The van der Waals surface area contributed by atoms with Crippen molar-refractivity contribution in [2.75, 3.05) is 7.11 Å². The van der Waals surface area contributed by atoms with E-state index < -0.39 is 0 Å². The van der Waals surface area contributed by atoms with Crippen molar-refractivity contribution in [1.82, 2.24) is 10.1 Å². The SMILES string of the molecule is CC.CO.Cc1ccc(-c2nc(=S)o[nH]2)cc1. The van der Waals surface area contributed by atoms with Crippen molar-refractivity contribution in [3.63, 3.8) is 0 Å². The number of aliphatic hydroxyl groups excluding tert-OH is 1. The molecule has 0 fully saturated rings. The molecule has 5 heteroatoms. The van der Waals surface area contributed by atoms with Crippen LogP contribution in [0.15, 0.2) is 28.8 Å². The third-order valence-corrected chi connectivity index (χ3v) is 1.94. The zero-order valence-corrected chi connectivity index (χ0v) is 11.3. The molecular weight excluding hydrogens is 236 g/mol. The fourth-order valence-electron chi connectivity index (χ4n) is 1.06. The Morgan fingerprint density at radius 3 is 2.12 bits per heavy atom. The summed E-state index contributed by atoms with van der Waals surface area (Å²) in [5.74, 6) is 0.671. The molecule has 0 radical (unpaired) electrons. The number of hydrogen-bond acceptors (Lipinski definition) is 4. The van der Waals surface area contributed by atoms with E-state index in [4.69, 9.17) is 21.8 Å². The van der Waals surface area contributed by atoms with Crippen LogP contribution in [0.25, 0.3) is 11.4 Å². The molecule has 0 amide bonds. The summed E-state index contributed by atoms with van der Waals surface area (Å²) in [6.07, 6.45) is 0. The van der Waals surface area contributed by atoms with E-state index in [-0.39, 0.29) is 4.84 Å². The first-order chi connectivity index (χ1) is 8.25. The maximum Gasteiger partial charge on any atom is 0.314 e. The van der Waals surface area contributed by atoms with E-state index in [2.05, 4.69) is 10.1 Å². The van der Waals surface area contributed by atoms with Gasteiger partial charge in [-0.05, 0) is 19.1 Å². The van der Waals surface area contributed by atoms with Crippen LogP contribution in [-0.4, -0.2) is 22.4 Å². The molecule has 0 atom stereocenters. The zero-order valence-electron chi connectivity index (χ0n) is 10.5. The van der Waals surface area contributed by atoms with Crippen LogP contribution in [0.5, 0.6) is 0 Å². The molecule has 94 valence electrons. The van der Waals surface area contributed by atoms with Gasteiger partial charge in [-0.2, -0.15) is 4.98 Å². The average Bonchev–Trinajstić information content (AvgIpc) is 2.82. The van der Waals surface area contributed by atoms with Crippen LogP contribution in [-0.2, 0) is 0 Å². The quantitative estimate of drug-likeness (QED) is 0.766. The number of nitrogens with one attached hydrogen (secondary N) is 1. The maximum atomic E-state index is 7.00. The number of H-pyrrole nitrogens is 1. The van der Waals surface area contributed by atoms with Crippen LogP contribution in [0.2, 0.25) is 0 Å². The summed E-state index contributed by atoms with van der Waals surface area (Å²) in [5.41, 5.74) is 2.19. The number of aliphatic hydroxyl groups is 1. The van der Waals surface area contributed by atoms with Crippen LogP contribution in [0.4, 0.5) is 0 Å². The second kappa shape index (κ2) is 8.66. The van der Waals surface area contributed by atoms with Crippen molar-refractivity contribution in [3.05, 3.63) is 34.7 Å². The molecule has 0 bridgehead atoms. The molecule has 2 rings (SSSR count). The second-order valence-electron chi connectivity index (χ2n) is 2.80. The van der Waals surface area contributed by atoms with Crippen LogP contribution in [0.1, 0.15) is 19.4 Å². The van der Waals surface area contributed by atoms with Gasteiger partial charge in [-0.15, -0.1) is 0 Å². The Morgan fingerprint density at radius 2 is 1.71 bits per heavy atom. The fraction of sp³-hybridized carbons (Fsp3) is 0.333. The van der Waals surface area contributed by atoms with Gasteiger partial charge in [-0.3, -0.25) is 0 Å². The normalized spacial score (nSPS) is 8.53. The van der Waals surface area contributed by atoms with Gasteiger partial charge in [0.15, 0.2) is 5.82 Å². The lowest BCUT2D eigenvalue weighted by Gasteiger charge is -1.94. The van der Waals surface area contributed by atoms with Crippen LogP contribution >= 0.6 is 12.2 Å². The summed E-state index contributed by atoms with van der Waals surface area (Å²) in [4.78, 5) is 4.24. The number of aromatic nitrogens is 2. The number of nitrogens with zero attached hydrogens (tertiary/aromatic N) is 1. The molecule has 2 N–H and O–H groups in total. The summed E-state index contributed by atoms with van der Waals surface area (Å²) >= 11 is 4.75. The smallest absolute Gasteiger partial charge is 0.314 e. The van der Waals surface area contributed by atoms with Gasteiger partial charge in [0.2, 0.25) is 0 Å². The maximum absolute atomic E-state index is 7.00. The Bertz CT molecular complexity index is 460. The van der Waals surface area contributed by atoms with E-state index >= 15 is 0 Å². The Morgan fingerprint density at radius 1 is 1.18 bits per heavy atom. The predicted octanol–water partition coefficient (Wildman–Crippen LogP) is 3.34. The Balaban J connectivity index is 0.000000581. The second-order valence-corrected chi connectivity index (χ2v) is 3.15. The molecule has 0 spiro atoms. The molecule has 1 aromatic heterocycles. The van der Waals surface area contributed by atoms with E-state index in [0.29, 0.717) is 5.82 Å². The van der Waals surface area contributed by atoms with Crippen molar-refractivity contribution in [3.8, 4) is 11.4 Å². The zero-order chi connectivity index (χ0) is 13.3. The number of aromatic amines is 1. The van der Waals surface area contributed by atoms with Crippen molar-refractivity contribution in [1.29, 1.82) is 0 Å². The highest BCUT2D eigenvalue weighted by Gasteiger charge is 2.00. The highest BCUT2D eigenvalue weighted by Crippen LogP contribution is 2.14. The predicted molar refractivity (Wildman–Crippen MR) is 71.4 cm³/mol. The lowest BCUT2D eigenvalue weighted by molar-refractivity contribution is 0.399. The van der Waals surface area contributed by atoms with E-state index in [0.717, 1.165) is 12.7 Å². The first kappa shape index (κ1) is 15.5. The highest BCUT2D eigenvalue weighted by molar-refractivity contribution is 7.71. The Kier molecular flexibility index (Phi) is 7.92. The number of hydrogen-bond donors (Lipinski definition) is 2. The molecule has 0 aliphatic heterocycles. The monoisotopic (exact) mass is 254 g/mol. The topological polar surface area (TPSA) is 62.1 Å². The average molecular weight is 254 g/mol. The van der Waals surface area contributed by atoms with Crippen molar-refractivity contribution < 1.29 is 9.63 Å². The summed E-state index contributed by atoms with van der Waals surface area (Å²) in [7, 11) is 1.00. The van der Waals surface area contributed by atoms with Crippen molar-refractivity contribution in [2.45, 2.75) is 20.8 Å². The third-order valence-electron chi connectivity index (χ3n) is 1.76. The fourth-order valence-corrected chi connectivity index (χ4v) is 1.20. The van der Waals surface area contributed by atoms with E-state index in [1.54, 1.807) is 0 Å². The number of rotatable bonds is 1. The van der Waals surface area contributed by atoms with E-state index in [1.807, 2.05) is 45.0 Å². The highest BCUT2D eigenvalue weighted by atomic mass is 32.1. The van der Waals surface area contributed by atoms with Crippen molar-refractivity contribution >= 4 is 12.2 Å². The summed E-state index contributed by atoms with van der Waals surface area (Å²) < 4.78 is 4.83. The van der Waals surface area contributed by atoms with E-state index in [1.165, 1.54) is 5.56 Å². The van der Waals surface area contributed by atoms with Crippen LogP contribution < -0.4 is 0 Å². The minimum atomic E-state index is 0.232. The van der Waals surface area contributed by atoms with Crippen LogP contribution in [0, 0.1) is 11.8 Å². The van der Waals surface area contributed by atoms with Gasteiger partial charge in [-0.25, -0.2) is 5.16 Å². The van der Waals surface area contributed by atoms with Gasteiger partial charge in [0.25, 0.3) is 0 Å². The molecule has 2 aromatic rings. The van der Waals surface area contributed by atoms with Gasteiger partial charge < -0.3 is 9.63 Å².